The average molecular weight is 389 g/mol. The number of benzene rings is 1. The number of rotatable bonds is 3. The van der Waals surface area contributed by atoms with Crippen molar-refractivity contribution in [2.45, 2.75) is 12.1 Å². The molecule has 2 aromatic heterocycles. The van der Waals surface area contributed by atoms with Crippen LogP contribution in [0, 0.1) is 11.8 Å². The summed E-state index contributed by atoms with van der Waals surface area (Å²) in [5.41, 5.74) is -0.951. The van der Waals surface area contributed by atoms with Gasteiger partial charge in [0.25, 0.3) is 11.5 Å². The van der Waals surface area contributed by atoms with Gasteiger partial charge in [0.05, 0.1) is 30.9 Å². The van der Waals surface area contributed by atoms with Crippen LogP contribution in [0.25, 0.3) is 10.9 Å². The molecular formula is C20H15N5O4. The maximum atomic E-state index is 13.0. The fourth-order valence-corrected chi connectivity index (χ4v) is 2.98. The van der Waals surface area contributed by atoms with Crippen molar-refractivity contribution in [3.05, 3.63) is 65.0 Å². The van der Waals surface area contributed by atoms with Gasteiger partial charge in [0.15, 0.2) is 0 Å². The van der Waals surface area contributed by atoms with Crippen LogP contribution in [0.3, 0.4) is 0 Å². The summed E-state index contributed by atoms with van der Waals surface area (Å²) in [5, 5.41) is 5.03. The quantitative estimate of drug-likeness (QED) is 0.496. The lowest BCUT2D eigenvalue weighted by atomic mass is 10.00. The zero-order valence-electron chi connectivity index (χ0n) is 15.3. The normalized spacial score (nSPS) is 18.0. The summed E-state index contributed by atoms with van der Waals surface area (Å²) >= 11 is 0. The van der Waals surface area contributed by atoms with E-state index in [1.807, 2.05) is 0 Å². The Morgan fingerprint density at radius 3 is 2.79 bits per heavy atom. The van der Waals surface area contributed by atoms with E-state index in [0.29, 0.717) is 22.2 Å². The molecule has 0 saturated carbocycles. The largest absolute Gasteiger partial charge is 0.497 e. The Balaban J connectivity index is 1.79. The minimum atomic E-state index is -1.62. The van der Waals surface area contributed by atoms with Gasteiger partial charge < -0.3 is 10.1 Å². The standard InChI is InChI=1S/C20H15N5O4/c1-29-14-4-5-16-15(9-14)17(26)25(12-22-16)11-20(18(27)23-19(28)24-20)7-6-13-3-2-8-21-10-13/h2-5,8-10,12H,11H2,1H3,(H2,23,24,27,28). The first kappa shape index (κ1) is 18.2. The fourth-order valence-electron chi connectivity index (χ4n) is 2.98. The first-order valence-electron chi connectivity index (χ1n) is 8.61. The summed E-state index contributed by atoms with van der Waals surface area (Å²) < 4.78 is 6.40. The maximum absolute atomic E-state index is 13.0. The summed E-state index contributed by atoms with van der Waals surface area (Å²) in [6.45, 7) is -0.211. The van der Waals surface area contributed by atoms with Gasteiger partial charge in [-0.3, -0.25) is 24.5 Å². The van der Waals surface area contributed by atoms with Crippen molar-refractivity contribution < 1.29 is 14.3 Å². The Morgan fingerprint density at radius 2 is 2.10 bits per heavy atom. The van der Waals surface area contributed by atoms with Gasteiger partial charge in [-0.05, 0) is 30.3 Å². The molecule has 0 spiro atoms. The summed E-state index contributed by atoms with van der Waals surface area (Å²) in [6, 6.07) is 7.68. The van der Waals surface area contributed by atoms with E-state index in [1.54, 1.807) is 36.5 Å². The van der Waals surface area contributed by atoms with Crippen molar-refractivity contribution in [2.24, 2.45) is 0 Å². The van der Waals surface area contributed by atoms with E-state index in [0.717, 1.165) is 0 Å². The zero-order chi connectivity index (χ0) is 20.4. The molecule has 0 radical (unpaired) electrons. The molecule has 1 aliphatic rings. The molecule has 3 aromatic rings. The van der Waals surface area contributed by atoms with E-state index in [4.69, 9.17) is 4.74 Å². The van der Waals surface area contributed by atoms with E-state index in [-0.39, 0.29) is 12.1 Å². The van der Waals surface area contributed by atoms with E-state index < -0.39 is 17.5 Å². The lowest BCUT2D eigenvalue weighted by Crippen LogP contribution is -2.50. The van der Waals surface area contributed by atoms with Crippen molar-refractivity contribution in [1.82, 2.24) is 25.2 Å². The number of urea groups is 1. The SMILES string of the molecule is COc1ccc2ncn(CC3(C#Cc4cccnc4)NC(=O)NC3=O)c(=O)c2c1. The van der Waals surface area contributed by atoms with Crippen LogP contribution >= 0.6 is 0 Å². The van der Waals surface area contributed by atoms with Gasteiger partial charge in [-0.1, -0.05) is 11.8 Å². The third kappa shape index (κ3) is 3.39. The summed E-state index contributed by atoms with van der Waals surface area (Å²) in [4.78, 5) is 45.5. The molecule has 3 heterocycles. The lowest BCUT2D eigenvalue weighted by molar-refractivity contribution is -0.122. The number of hydrogen-bond donors (Lipinski definition) is 2. The number of imide groups is 1. The van der Waals surface area contributed by atoms with Gasteiger partial charge in [-0.2, -0.15) is 0 Å². The Kier molecular flexibility index (Phi) is 4.44. The zero-order valence-corrected chi connectivity index (χ0v) is 15.3. The predicted octanol–water partition coefficient (Wildman–Crippen LogP) is 0.430. The molecule has 1 aromatic carbocycles. The molecule has 0 aliphatic carbocycles. The van der Waals surface area contributed by atoms with Gasteiger partial charge in [-0.15, -0.1) is 0 Å². The topological polar surface area (TPSA) is 115 Å². The van der Waals surface area contributed by atoms with Gasteiger partial charge >= 0.3 is 6.03 Å². The van der Waals surface area contributed by atoms with E-state index in [1.165, 1.54) is 24.2 Å². The Bertz CT molecular complexity index is 1240. The van der Waals surface area contributed by atoms with Crippen LogP contribution in [0.5, 0.6) is 5.75 Å². The number of nitrogens with zero attached hydrogens (tertiary/aromatic N) is 3. The molecule has 29 heavy (non-hydrogen) atoms. The molecule has 3 amide bonds. The second kappa shape index (κ2) is 7.09. The van der Waals surface area contributed by atoms with Gasteiger partial charge in [-0.25, -0.2) is 9.78 Å². The van der Waals surface area contributed by atoms with Crippen LogP contribution < -0.4 is 20.9 Å². The van der Waals surface area contributed by atoms with Crippen molar-refractivity contribution >= 4 is 22.8 Å². The molecule has 9 heteroatoms. The number of hydrogen-bond acceptors (Lipinski definition) is 6. The van der Waals surface area contributed by atoms with Crippen LogP contribution in [-0.2, 0) is 11.3 Å². The fraction of sp³-hybridized carbons (Fsp3) is 0.150. The van der Waals surface area contributed by atoms with Crippen molar-refractivity contribution in [3.63, 3.8) is 0 Å². The number of aromatic nitrogens is 3. The second-order valence-corrected chi connectivity index (χ2v) is 6.37. The third-order valence-electron chi connectivity index (χ3n) is 4.46. The molecule has 0 bridgehead atoms. The Hall–Kier alpha value is -4.19. The second-order valence-electron chi connectivity index (χ2n) is 6.37. The Labute approximate surface area is 164 Å². The van der Waals surface area contributed by atoms with Gasteiger partial charge in [0, 0.05) is 18.0 Å². The average Bonchev–Trinajstić information content (AvgIpc) is 3.02. The number of pyridine rings is 1. The number of carbonyl (C=O) groups is 2. The molecule has 4 rings (SSSR count). The highest BCUT2D eigenvalue weighted by atomic mass is 16.5. The van der Waals surface area contributed by atoms with E-state index in [9.17, 15) is 14.4 Å². The predicted molar refractivity (Wildman–Crippen MR) is 103 cm³/mol. The van der Waals surface area contributed by atoms with Crippen LogP contribution in [0.1, 0.15) is 5.56 Å². The first-order chi connectivity index (χ1) is 14.0. The number of fused-ring (bicyclic) bond motifs is 1. The Morgan fingerprint density at radius 1 is 1.24 bits per heavy atom. The molecule has 1 fully saturated rings. The molecular weight excluding hydrogens is 374 g/mol. The number of carbonyl (C=O) groups excluding carboxylic acids is 2. The monoisotopic (exact) mass is 389 g/mol. The van der Waals surface area contributed by atoms with Crippen LogP contribution in [0.4, 0.5) is 4.79 Å². The van der Waals surface area contributed by atoms with Crippen LogP contribution in [-0.4, -0.2) is 39.1 Å². The third-order valence-corrected chi connectivity index (χ3v) is 4.46. The molecule has 144 valence electrons. The highest BCUT2D eigenvalue weighted by molar-refractivity contribution is 6.09. The molecule has 1 unspecified atom stereocenters. The van der Waals surface area contributed by atoms with Crippen molar-refractivity contribution in [1.29, 1.82) is 0 Å². The van der Waals surface area contributed by atoms with Gasteiger partial charge in [0.2, 0.25) is 5.54 Å². The minimum absolute atomic E-state index is 0.211. The van der Waals surface area contributed by atoms with E-state index >= 15 is 0 Å². The van der Waals surface area contributed by atoms with Crippen LogP contribution in [0.2, 0.25) is 0 Å². The molecule has 2 N–H and O–H groups in total. The molecule has 1 saturated heterocycles. The van der Waals surface area contributed by atoms with Crippen molar-refractivity contribution in [2.75, 3.05) is 7.11 Å². The van der Waals surface area contributed by atoms with Crippen LogP contribution in [0.15, 0.2) is 53.8 Å². The highest BCUT2D eigenvalue weighted by Gasteiger charge is 2.45. The maximum Gasteiger partial charge on any atom is 0.323 e. The molecule has 9 nitrogen and oxygen atoms in total. The molecule has 1 atom stereocenters. The van der Waals surface area contributed by atoms with E-state index in [2.05, 4.69) is 32.4 Å². The highest BCUT2D eigenvalue weighted by Crippen LogP contribution is 2.17. The number of methoxy groups -OCH3 is 1. The minimum Gasteiger partial charge on any atom is -0.497 e. The summed E-state index contributed by atoms with van der Waals surface area (Å²) in [6.07, 6.45) is 4.45. The van der Waals surface area contributed by atoms with Gasteiger partial charge in [0.1, 0.15) is 5.75 Å². The van der Waals surface area contributed by atoms with Crippen molar-refractivity contribution in [3.8, 4) is 17.6 Å². The summed E-state index contributed by atoms with van der Waals surface area (Å²) in [5.74, 6) is 5.49. The number of ether oxygens (including phenoxy) is 1. The first-order valence-corrected chi connectivity index (χ1v) is 8.61. The lowest BCUT2D eigenvalue weighted by Gasteiger charge is -2.20. The molecule has 1 aliphatic heterocycles. The smallest absolute Gasteiger partial charge is 0.323 e. The number of nitrogens with one attached hydrogen (secondary N) is 2. The number of amides is 3. The summed E-state index contributed by atoms with van der Waals surface area (Å²) in [7, 11) is 1.50.